The topological polar surface area (TPSA) is 93.2 Å². The van der Waals surface area contributed by atoms with Gasteiger partial charge in [-0.1, -0.05) is 12.2 Å². The first kappa shape index (κ1) is 22.1. The fourth-order valence-corrected chi connectivity index (χ4v) is 4.11. The summed E-state index contributed by atoms with van der Waals surface area (Å²) in [5.41, 5.74) is 1.01. The van der Waals surface area contributed by atoms with Crippen molar-refractivity contribution in [1.29, 1.82) is 0 Å². The van der Waals surface area contributed by atoms with Gasteiger partial charge >= 0.3 is 5.97 Å². The molecule has 8 nitrogen and oxygen atoms in total. The zero-order chi connectivity index (χ0) is 20.7. The van der Waals surface area contributed by atoms with E-state index in [2.05, 4.69) is 6.58 Å². The van der Waals surface area contributed by atoms with Crippen molar-refractivity contribution in [3.05, 3.63) is 42.0 Å². The Labute approximate surface area is 165 Å². The molecule has 28 heavy (non-hydrogen) atoms. The smallest absolute Gasteiger partial charge is 0.338 e. The summed E-state index contributed by atoms with van der Waals surface area (Å²) in [6, 6.07) is 5.49. The van der Waals surface area contributed by atoms with Crippen LogP contribution in [0.5, 0.6) is 0 Å². The molecule has 1 aromatic rings. The first-order chi connectivity index (χ1) is 13.3. The maximum atomic E-state index is 12.6. The normalized spacial score (nSPS) is 15.1. The summed E-state index contributed by atoms with van der Waals surface area (Å²) in [5.74, 6) is -1.000. The van der Waals surface area contributed by atoms with E-state index in [1.54, 1.807) is 0 Å². The summed E-state index contributed by atoms with van der Waals surface area (Å²) in [7, 11) is -3.62. The number of carbonyl (C=O) groups is 2. The molecule has 1 fully saturated rings. The van der Waals surface area contributed by atoms with Crippen LogP contribution in [-0.2, 0) is 24.3 Å². The standard InChI is InChI=1S/C19H26N2O6S/c1-4-20(13-15(2)3)18(22)14-27-19(23)16-5-7-17(8-6-16)28(24,25)21-9-11-26-12-10-21/h5-8H,2,4,9-14H2,1,3H3. The second-order valence-electron chi connectivity index (χ2n) is 6.48. The van der Waals surface area contributed by atoms with Crippen LogP contribution in [0.25, 0.3) is 0 Å². The molecule has 0 radical (unpaired) electrons. The first-order valence-corrected chi connectivity index (χ1v) is 10.5. The lowest BCUT2D eigenvalue weighted by atomic mass is 10.2. The molecule has 2 rings (SSSR count). The van der Waals surface area contributed by atoms with E-state index in [-0.39, 0.29) is 23.0 Å². The average molecular weight is 410 g/mol. The van der Waals surface area contributed by atoms with Gasteiger partial charge in [-0.05, 0) is 38.1 Å². The van der Waals surface area contributed by atoms with Crippen LogP contribution in [0.3, 0.4) is 0 Å². The number of nitrogens with zero attached hydrogens (tertiary/aromatic N) is 2. The van der Waals surface area contributed by atoms with Gasteiger partial charge in [0.2, 0.25) is 10.0 Å². The summed E-state index contributed by atoms with van der Waals surface area (Å²) in [6.45, 7) is 9.23. The Morgan fingerprint density at radius 1 is 1.21 bits per heavy atom. The van der Waals surface area contributed by atoms with Crippen LogP contribution in [0.1, 0.15) is 24.2 Å². The van der Waals surface area contributed by atoms with Crippen molar-refractivity contribution in [2.24, 2.45) is 0 Å². The van der Waals surface area contributed by atoms with Crippen LogP contribution in [0.15, 0.2) is 41.3 Å². The molecule has 0 saturated carbocycles. The number of carbonyl (C=O) groups excluding carboxylic acids is 2. The van der Waals surface area contributed by atoms with E-state index in [9.17, 15) is 18.0 Å². The molecule has 0 atom stereocenters. The quantitative estimate of drug-likeness (QED) is 0.474. The molecule has 1 amide bonds. The monoisotopic (exact) mass is 410 g/mol. The molecule has 0 aliphatic carbocycles. The lowest BCUT2D eigenvalue weighted by molar-refractivity contribution is -0.133. The average Bonchev–Trinajstić information content (AvgIpc) is 2.70. The Balaban J connectivity index is 1.98. The van der Waals surface area contributed by atoms with Crippen molar-refractivity contribution < 1.29 is 27.5 Å². The van der Waals surface area contributed by atoms with E-state index < -0.39 is 16.0 Å². The highest BCUT2D eigenvalue weighted by molar-refractivity contribution is 7.89. The van der Waals surface area contributed by atoms with Crippen molar-refractivity contribution >= 4 is 21.9 Å². The molecule has 0 N–H and O–H groups in total. The van der Waals surface area contributed by atoms with Gasteiger partial charge in [0.1, 0.15) is 0 Å². The fourth-order valence-electron chi connectivity index (χ4n) is 2.70. The number of morpholine rings is 1. The summed E-state index contributed by atoms with van der Waals surface area (Å²) in [5, 5.41) is 0. The van der Waals surface area contributed by atoms with Crippen LogP contribution >= 0.6 is 0 Å². The molecule has 0 spiro atoms. The third-order valence-corrected chi connectivity index (χ3v) is 6.13. The Morgan fingerprint density at radius 2 is 1.82 bits per heavy atom. The second kappa shape index (κ2) is 9.81. The van der Waals surface area contributed by atoms with E-state index in [0.29, 0.717) is 39.4 Å². The number of hydrogen-bond donors (Lipinski definition) is 0. The number of ether oxygens (including phenoxy) is 2. The van der Waals surface area contributed by atoms with Crippen LogP contribution in [0.2, 0.25) is 0 Å². The highest BCUT2D eigenvalue weighted by atomic mass is 32.2. The third-order valence-electron chi connectivity index (χ3n) is 4.22. The second-order valence-corrected chi connectivity index (χ2v) is 8.42. The van der Waals surface area contributed by atoms with Gasteiger partial charge in [-0.25, -0.2) is 13.2 Å². The SMILES string of the molecule is C=C(C)CN(CC)C(=O)COC(=O)c1ccc(S(=O)(=O)N2CCOCC2)cc1. The number of amides is 1. The van der Waals surface area contributed by atoms with E-state index in [0.717, 1.165) is 5.57 Å². The lowest BCUT2D eigenvalue weighted by Gasteiger charge is -2.26. The van der Waals surface area contributed by atoms with Crippen molar-refractivity contribution in [3.63, 3.8) is 0 Å². The highest BCUT2D eigenvalue weighted by Crippen LogP contribution is 2.18. The predicted molar refractivity (Wildman–Crippen MR) is 103 cm³/mol. The van der Waals surface area contributed by atoms with Gasteiger partial charge in [0.15, 0.2) is 6.61 Å². The molecular formula is C19H26N2O6S. The van der Waals surface area contributed by atoms with Gasteiger partial charge in [0.05, 0.1) is 23.7 Å². The molecule has 1 aliphatic heterocycles. The van der Waals surface area contributed by atoms with Gasteiger partial charge in [0, 0.05) is 26.2 Å². The third kappa shape index (κ3) is 5.63. The van der Waals surface area contributed by atoms with Crippen molar-refractivity contribution in [2.75, 3.05) is 46.0 Å². The Hall–Kier alpha value is -2.23. The Kier molecular flexibility index (Phi) is 7.73. The molecule has 1 saturated heterocycles. The fraction of sp³-hybridized carbons (Fsp3) is 0.474. The summed E-state index contributed by atoms with van der Waals surface area (Å²) in [4.78, 5) is 25.9. The van der Waals surface area contributed by atoms with Crippen LogP contribution in [0, 0.1) is 0 Å². The van der Waals surface area contributed by atoms with Crippen LogP contribution in [0.4, 0.5) is 0 Å². The van der Waals surface area contributed by atoms with Gasteiger partial charge in [0.25, 0.3) is 5.91 Å². The molecule has 1 aromatic carbocycles. The van der Waals surface area contributed by atoms with Crippen molar-refractivity contribution in [2.45, 2.75) is 18.7 Å². The summed E-state index contributed by atoms with van der Waals surface area (Å²) in [6.07, 6.45) is 0. The van der Waals surface area contributed by atoms with Gasteiger partial charge in [-0.3, -0.25) is 4.79 Å². The molecule has 9 heteroatoms. The molecule has 1 aliphatic rings. The van der Waals surface area contributed by atoms with Gasteiger partial charge < -0.3 is 14.4 Å². The van der Waals surface area contributed by atoms with Crippen molar-refractivity contribution in [3.8, 4) is 0 Å². The number of esters is 1. The van der Waals surface area contributed by atoms with Crippen LogP contribution < -0.4 is 0 Å². The molecule has 154 valence electrons. The van der Waals surface area contributed by atoms with Gasteiger partial charge in [-0.15, -0.1) is 0 Å². The number of hydrogen-bond acceptors (Lipinski definition) is 6. The maximum absolute atomic E-state index is 12.6. The maximum Gasteiger partial charge on any atom is 0.338 e. The van der Waals surface area contributed by atoms with E-state index >= 15 is 0 Å². The van der Waals surface area contributed by atoms with E-state index in [1.807, 2.05) is 13.8 Å². The minimum absolute atomic E-state index is 0.0978. The summed E-state index contributed by atoms with van der Waals surface area (Å²) < 4.78 is 36.7. The van der Waals surface area contributed by atoms with E-state index in [1.165, 1.54) is 33.5 Å². The Bertz CT molecular complexity index is 813. The number of benzene rings is 1. The molecular weight excluding hydrogens is 384 g/mol. The van der Waals surface area contributed by atoms with Crippen molar-refractivity contribution in [1.82, 2.24) is 9.21 Å². The number of likely N-dealkylation sites (N-methyl/N-ethyl adjacent to an activating group) is 1. The number of sulfonamides is 1. The molecule has 1 heterocycles. The minimum atomic E-state index is -3.62. The first-order valence-electron chi connectivity index (χ1n) is 9.03. The highest BCUT2D eigenvalue weighted by Gasteiger charge is 2.26. The summed E-state index contributed by atoms with van der Waals surface area (Å²) >= 11 is 0. The lowest BCUT2D eigenvalue weighted by Crippen LogP contribution is -2.40. The van der Waals surface area contributed by atoms with Gasteiger partial charge in [-0.2, -0.15) is 4.31 Å². The minimum Gasteiger partial charge on any atom is -0.452 e. The Morgan fingerprint density at radius 3 is 2.36 bits per heavy atom. The predicted octanol–water partition coefficient (Wildman–Crippen LogP) is 1.29. The number of rotatable bonds is 8. The largest absolute Gasteiger partial charge is 0.452 e. The molecule has 0 aromatic heterocycles. The molecule has 0 unspecified atom stereocenters. The zero-order valence-corrected chi connectivity index (χ0v) is 17.0. The van der Waals surface area contributed by atoms with Crippen LogP contribution in [-0.4, -0.2) is 75.5 Å². The molecule has 0 bridgehead atoms. The van der Waals surface area contributed by atoms with E-state index in [4.69, 9.17) is 9.47 Å². The zero-order valence-electron chi connectivity index (χ0n) is 16.2.